The third-order valence-electron chi connectivity index (χ3n) is 4.92. The van der Waals surface area contributed by atoms with E-state index in [2.05, 4.69) is 47.4 Å². The normalized spacial score (nSPS) is 20.2. The standard InChI is InChI=1S/C19H22N2/c20-18-10-11-21(19-7-2-1-6-17(18)19)13-14-8-9-15-4-3-5-16(15)12-14/h1-2,6-9,12,18H,3-5,10-11,13,20H2. The van der Waals surface area contributed by atoms with E-state index in [-0.39, 0.29) is 6.04 Å². The molecule has 2 aliphatic rings. The van der Waals surface area contributed by atoms with Crippen molar-refractivity contribution in [3.63, 3.8) is 0 Å². The fourth-order valence-electron chi connectivity index (χ4n) is 3.77. The number of benzene rings is 2. The summed E-state index contributed by atoms with van der Waals surface area (Å²) in [6.45, 7) is 2.05. The summed E-state index contributed by atoms with van der Waals surface area (Å²) in [5.74, 6) is 0. The lowest BCUT2D eigenvalue weighted by atomic mass is 9.96. The lowest BCUT2D eigenvalue weighted by molar-refractivity contribution is 0.590. The van der Waals surface area contributed by atoms with Crippen LogP contribution in [0.15, 0.2) is 42.5 Å². The first-order chi connectivity index (χ1) is 10.3. The quantitative estimate of drug-likeness (QED) is 0.909. The maximum absolute atomic E-state index is 6.25. The Morgan fingerprint density at radius 1 is 1.05 bits per heavy atom. The third-order valence-corrected chi connectivity index (χ3v) is 4.92. The number of rotatable bonds is 2. The summed E-state index contributed by atoms with van der Waals surface area (Å²) in [5.41, 5.74) is 13.4. The Bertz CT molecular complexity index is 662. The minimum Gasteiger partial charge on any atom is -0.367 e. The highest BCUT2D eigenvalue weighted by Crippen LogP contribution is 2.33. The van der Waals surface area contributed by atoms with Crippen LogP contribution in [0.3, 0.4) is 0 Å². The number of aryl methyl sites for hydroxylation is 2. The number of hydrogen-bond acceptors (Lipinski definition) is 2. The molecule has 0 aromatic heterocycles. The zero-order valence-electron chi connectivity index (χ0n) is 12.4. The van der Waals surface area contributed by atoms with E-state index in [0.29, 0.717) is 0 Å². The Morgan fingerprint density at radius 3 is 2.86 bits per heavy atom. The molecule has 1 unspecified atom stereocenters. The van der Waals surface area contributed by atoms with Gasteiger partial charge in [-0.3, -0.25) is 0 Å². The summed E-state index contributed by atoms with van der Waals surface area (Å²) in [5, 5.41) is 0. The van der Waals surface area contributed by atoms with Crippen molar-refractivity contribution in [3.05, 3.63) is 64.7 Å². The minimum atomic E-state index is 0.192. The van der Waals surface area contributed by atoms with Gasteiger partial charge in [-0.1, -0.05) is 36.4 Å². The summed E-state index contributed by atoms with van der Waals surface area (Å²) in [7, 11) is 0. The lowest BCUT2D eigenvalue weighted by Crippen LogP contribution is -2.33. The Balaban J connectivity index is 1.62. The predicted molar refractivity (Wildman–Crippen MR) is 87.5 cm³/mol. The molecule has 0 saturated carbocycles. The Kier molecular flexibility index (Phi) is 3.19. The van der Waals surface area contributed by atoms with Crippen LogP contribution in [0.2, 0.25) is 0 Å². The van der Waals surface area contributed by atoms with E-state index in [4.69, 9.17) is 5.73 Å². The first kappa shape index (κ1) is 12.9. The molecule has 0 saturated heterocycles. The highest BCUT2D eigenvalue weighted by atomic mass is 15.1. The van der Waals surface area contributed by atoms with Gasteiger partial charge in [-0.15, -0.1) is 0 Å². The first-order valence-electron chi connectivity index (χ1n) is 8.01. The van der Waals surface area contributed by atoms with Crippen molar-refractivity contribution in [2.45, 2.75) is 38.3 Å². The second kappa shape index (κ2) is 5.19. The van der Waals surface area contributed by atoms with Gasteiger partial charge in [0.15, 0.2) is 0 Å². The van der Waals surface area contributed by atoms with Crippen LogP contribution in [0.4, 0.5) is 5.69 Å². The first-order valence-corrected chi connectivity index (χ1v) is 8.01. The van der Waals surface area contributed by atoms with Crippen molar-refractivity contribution < 1.29 is 0 Å². The van der Waals surface area contributed by atoms with Gasteiger partial charge in [-0.2, -0.15) is 0 Å². The lowest BCUT2D eigenvalue weighted by Gasteiger charge is -2.34. The van der Waals surface area contributed by atoms with Gasteiger partial charge >= 0.3 is 0 Å². The van der Waals surface area contributed by atoms with Crippen LogP contribution in [-0.2, 0) is 19.4 Å². The molecule has 4 rings (SSSR count). The van der Waals surface area contributed by atoms with Crippen molar-refractivity contribution in [1.82, 2.24) is 0 Å². The van der Waals surface area contributed by atoms with Crippen molar-refractivity contribution in [3.8, 4) is 0 Å². The zero-order chi connectivity index (χ0) is 14.2. The van der Waals surface area contributed by atoms with Gasteiger partial charge in [0, 0.05) is 24.8 Å². The Morgan fingerprint density at radius 2 is 1.90 bits per heavy atom. The largest absolute Gasteiger partial charge is 0.367 e. The highest BCUT2D eigenvalue weighted by Gasteiger charge is 2.22. The number of nitrogens with two attached hydrogens (primary N) is 1. The van der Waals surface area contributed by atoms with E-state index in [1.54, 1.807) is 11.1 Å². The molecule has 2 aromatic carbocycles. The molecule has 1 aliphatic heterocycles. The molecule has 2 heteroatoms. The molecule has 1 atom stereocenters. The van der Waals surface area contributed by atoms with Gasteiger partial charge in [-0.25, -0.2) is 0 Å². The molecule has 1 heterocycles. The smallest absolute Gasteiger partial charge is 0.0429 e. The third kappa shape index (κ3) is 2.34. The summed E-state index contributed by atoms with van der Waals surface area (Å²) >= 11 is 0. The van der Waals surface area contributed by atoms with Crippen molar-refractivity contribution in [2.24, 2.45) is 5.73 Å². The van der Waals surface area contributed by atoms with E-state index < -0.39 is 0 Å². The fraction of sp³-hybridized carbons (Fsp3) is 0.368. The molecule has 0 radical (unpaired) electrons. The van der Waals surface area contributed by atoms with Crippen LogP contribution in [0.5, 0.6) is 0 Å². The van der Waals surface area contributed by atoms with Gasteiger partial charge in [0.25, 0.3) is 0 Å². The molecule has 0 bridgehead atoms. The van der Waals surface area contributed by atoms with Crippen LogP contribution in [-0.4, -0.2) is 6.54 Å². The molecular formula is C19H22N2. The number of anilines is 1. The van der Waals surface area contributed by atoms with E-state index in [9.17, 15) is 0 Å². The van der Waals surface area contributed by atoms with Gasteiger partial charge in [0.2, 0.25) is 0 Å². The molecule has 108 valence electrons. The number of fused-ring (bicyclic) bond motifs is 2. The fourth-order valence-corrected chi connectivity index (χ4v) is 3.77. The van der Waals surface area contributed by atoms with Gasteiger partial charge in [0.1, 0.15) is 0 Å². The monoisotopic (exact) mass is 278 g/mol. The number of para-hydroxylation sites is 1. The second-order valence-corrected chi connectivity index (χ2v) is 6.33. The molecule has 21 heavy (non-hydrogen) atoms. The maximum atomic E-state index is 6.25. The van der Waals surface area contributed by atoms with Crippen LogP contribution >= 0.6 is 0 Å². The van der Waals surface area contributed by atoms with E-state index in [1.807, 2.05) is 0 Å². The van der Waals surface area contributed by atoms with Crippen LogP contribution in [0.25, 0.3) is 0 Å². The molecule has 2 nitrogen and oxygen atoms in total. The minimum absolute atomic E-state index is 0.192. The second-order valence-electron chi connectivity index (χ2n) is 6.33. The van der Waals surface area contributed by atoms with Crippen LogP contribution < -0.4 is 10.6 Å². The summed E-state index contributed by atoms with van der Waals surface area (Å²) in [4.78, 5) is 2.48. The average molecular weight is 278 g/mol. The van der Waals surface area contributed by atoms with Crippen LogP contribution in [0, 0.1) is 0 Å². The summed E-state index contributed by atoms with van der Waals surface area (Å²) in [6, 6.07) is 15.8. The molecule has 0 spiro atoms. The van der Waals surface area contributed by atoms with Crippen molar-refractivity contribution in [2.75, 3.05) is 11.4 Å². The number of nitrogens with zero attached hydrogens (tertiary/aromatic N) is 1. The van der Waals surface area contributed by atoms with E-state index in [0.717, 1.165) is 19.5 Å². The molecule has 2 aromatic rings. The Hall–Kier alpha value is -1.80. The topological polar surface area (TPSA) is 29.3 Å². The van der Waals surface area contributed by atoms with Gasteiger partial charge < -0.3 is 10.6 Å². The molecule has 0 amide bonds. The SMILES string of the molecule is NC1CCN(Cc2ccc3c(c2)CCC3)c2ccccc21. The van der Waals surface area contributed by atoms with Crippen LogP contribution in [0.1, 0.15) is 41.1 Å². The molecule has 2 N–H and O–H groups in total. The van der Waals surface area contributed by atoms with Gasteiger partial charge in [0.05, 0.1) is 0 Å². The predicted octanol–water partition coefficient (Wildman–Crippen LogP) is 3.59. The van der Waals surface area contributed by atoms with Gasteiger partial charge in [-0.05, 0) is 54.0 Å². The van der Waals surface area contributed by atoms with E-state index >= 15 is 0 Å². The van der Waals surface area contributed by atoms with E-state index in [1.165, 1.54) is 36.1 Å². The number of hydrogen-bond donors (Lipinski definition) is 1. The molecule has 1 aliphatic carbocycles. The summed E-state index contributed by atoms with van der Waals surface area (Å²) < 4.78 is 0. The average Bonchev–Trinajstić information content (AvgIpc) is 2.98. The molecular weight excluding hydrogens is 256 g/mol. The summed E-state index contributed by atoms with van der Waals surface area (Å²) in [6.07, 6.45) is 4.88. The highest BCUT2D eigenvalue weighted by molar-refractivity contribution is 5.57. The van der Waals surface area contributed by atoms with Crippen molar-refractivity contribution in [1.29, 1.82) is 0 Å². The van der Waals surface area contributed by atoms with Crippen molar-refractivity contribution >= 4 is 5.69 Å². The zero-order valence-corrected chi connectivity index (χ0v) is 12.4. The maximum Gasteiger partial charge on any atom is 0.0429 e. The molecule has 0 fully saturated rings. The Labute approximate surface area is 126 Å².